The highest BCUT2D eigenvalue weighted by Gasteiger charge is 2.15. The summed E-state index contributed by atoms with van der Waals surface area (Å²) in [6.45, 7) is 8.17. The number of hydrogen-bond acceptors (Lipinski definition) is 6. The summed E-state index contributed by atoms with van der Waals surface area (Å²) in [4.78, 5) is 36.9. The van der Waals surface area contributed by atoms with Gasteiger partial charge in [-0.05, 0) is 60.5 Å². The van der Waals surface area contributed by atoms with Crippen LogP contribution in [0.25, 0.3) is 0 Å². The number of benzene rings is 3. The summed E-state index contributed by atoms with van der Waals surface area (Å²) >= 11 is 6.02. The third-order valence-corrected chi connectivity index (χ3v) is 6.43. The van der Waals surface area contributed by atoms with E-state index in [-0.39, 0.29) is 17.9 Å². The number of aromatic amines is 1. The lowest BCUT2D eigenvalue weighted by atomic mass is 9.87. The van der Waals surface area contributed by atoms with E-state index in [0.29, 0.717) is 25.9 Å². The number of nitrogens with zero attached hydrogens (tertiary/aromatic N) is 1. The van der Waals surface area contributed by atoms with Crippen molar-refractivity contribution in [3.8, 4) is 0 Å². The molecular weight excluding hydrogens is 530 g/mol. The van der Waals surface area contributed by atoms with E-state index in [4.69, 9.17) is 12.2 Å². The van der Waals surface area contributed by atoms with Gasteiger partial charge in [-0.1, -0.05) is 86.2 Å². The van der Waals surface area contributed by atoms with Crippen molar-refractivity contribution in [2.75, 3.05) is 17.2 Å². The van der Waals surface area contributed by atoms with Crippen molar-refractivity contribution < 1.29 is 14.4 Å². The maximum absolute atomic E-state index is 12.6. The van der Waals surface area contributed by atoms with E-state index < -0.39 is 11.8 Å². The van der Waals surface area contributed by atoms with E-state index in [1.807, 2.05) is 30.3 Å². The van der Waals surface area contributed by atoms with E-state index in [2.05, 4.69) is 66.0 Å². The maximum Gasteiger partial charge on any atom is 0.255 e. The number of carbonyl (C=O) groups excluding carboxylic acids is 3. The second-order valence-corrected chi connectivity index (χ2v) is 11.3. The molecule has 0 fully saturated rings. The van der Waals surface area contributed by atoms with E-state index in [1.54, 1.807) is 36.4 Å². The van der Waals surface area contributed by atoms with E-state index >= 15 is 0 Å². The highest BCUT2D eigenvalue weighted by Crippen LogP contribution is 2.22. The SMILES string of the molecule is CC(C)(C)c1ccc(C(=O)Nc2cccc(C(=O)NCC(=O)Nc3n[nH]c(=S)s3)c2)cc1.Cc1ccccc1. The summed E-state index contributed by atoms with van der Waals surface area (Å²) in [6, 6.07) is 24.2. The summed E-state index contributed by atoms with van der Waals surface area (Å²) in [6.07, 6.45) is 0. The van der Waals surface area contributed by atoms with Gasteiger partial charge < -0.3 is 10.6 Å². The molecule has 0 aliphatic carbocycles. The van der Waals surface area contributed by atoms with Crippen LogP contribution in [0.5, 0.6) is 0 Å². The number of rotatable bonds is 6. The number of carbonyl (C=O) groups is 3. The van der Waals surface area contributed by atoms with Crippen molar-refractivity contribution in [1.29, 1.82) is 0 Å². The molecule has 3 amide bonds. The molecule has 202 valence electrons. The number of aromatic nitrogens is 2. The molecule has 0 aliphatic rings. The molecule has 0 spiro atoms. The Labute approximate surface area is 236 Å². The smallest absolute Gasteiger partial charge is 0.255 e. The topological polar surface area (TPSA) is 116 Å². The van der Waals surface area contributed by atoms with Gasteiger partial charge in [0, 0.05) is 16.8 Å². The summed E-state index contributed by atoms with van der Waals surface area (Å²) in [7, 11) is 0. The zero-order valence-corrected chi connectivity index (χ0v) is 23.8. The van der Waals surface area contributed by atoms with Gasteiger partial charge in [0.2, 0.25) is 11.0 Å². The molecule has 10 heteroatoms. The Kier molecular flexibility index (Phi) is 10.2. The van der Waals surface area contributed by atoms with Crippen LogP contribution in [0, 0.1) is 10.9 Å². The minimum absolute atomic E-state index is 0.000614. The van der Waals surface area contributed by atoms with Crippen molar-refractivity contribution in [2.45, 2.75) is 33.1 Å². The molecule has 8 nitrogen and oxygen atoms in total. The van der Waals surface area contributed by atoms with Crippen molar-refractivity contribution in [1.82, 2.24) is 15.5 Å². The maximum atomic E-state index is 12.6. The van der Waals surface area contributed by atoms with Gasteiger partial charge in [-0.15, -0.1) is 5.10 Å². The Balaban J connectivity index is 0.000000520. The van der Waals surface area contributed by atoms with Crippen LogP contribution in [0.15, 0.2) is 78.9 Å². The van der Waals surface area contributed by atoms with Crippen LogP contribution in [0.3, 0.4) is 0 Å². The van der Waals surface area contributed by atoms with Gasteiger partial charge >= 0.3 is 0 Å². The van der Waals surface area contributed by atoms with Gasteiger partial charge in [0.15, 0.2) is 3.95 Å². The van der Waals surface area contributed by atoms with Gasteiger partial charge in [-0.25, -0.2) is 0 Å². The van der Waals surface area contributed by atoms with Crippen molar-refractivity contribution >= 4 is 52.1 Å². The van der Waals surface area contributed by atoms with Gasteiger partial charge in [-0.2, -0.15) is 0 Å². The number of anilines is 2. The largest absolute Gasteiger partial charge is 0.343 e. The lowest BCUT2D eigenvalue weighted by Gasteiger charge is -2.19. The molecule has 4 aromatic rings. The number of hydrogen-bond donors (Lipinski definition) is 4. The Morgan fingerprint density at radius 1 is 0.872 bits per heavy atom. The second-order valence-electron chi connectivity index (χ2n) is 9.67. The predicted molar refractivity (Wildman–Crippen MR) is 159 cm³/mol. The molecule has 0 saturated heterocycles. The van der Waals surface area contributed by atoms with E-state index in [1.165, 1.54) is 5.56 Å². The van der Waals surface area contributed by atoms with E-state index in [9.17, 15) is 14.4 Å². The fourth-order valence-corrected chi connectivity index (χ4v) is 4.11. The first-order valence-corrected chi connectivity index (χ1v) is 13.4. The van der Waals surface area contributed by atoms with Crippen LogP contribution in [0.4, 0.5) is 10.8 Å². The first-order valence-electron chi connectivity index (χ1n) is 12.2. The summed E-state index contributed by atoms with van der Waals surface area (Å²) in [5, 5.41) is 14.6. The molecule has 0 saturated carbocycles. The van der Waals surface area contributed by atoms with Gasteiger partial charge in [0.1, 0.15) is 0 Å². The predicted octanol–water partition coefficient (Wildman–Crippen LogP) is 6.11. The molecule has 0 unspecified atom stereocenters. The van der Waals surface area contributed by atoms with Crippen molar-refractivity contribution in [3.05, 3.63) is 105 Å². The molecule has 1 aromatic heterocycles. The number of amides is 3. The normalized spacial score (nSPS) is 10.6. The van der Waals surface area contributed by atoms with Gasteiger partial charge in [0.05, 0.1) is 6.54 Å². The van der Waals surface area contributed by atoms with Crippen LogP contribution in [-0.4, -0.2) is 34.5 Å². The molecule has 4 N–H and O–H groups in total. The molecule has 4 rings (SSSR count). The zero-order chi connectivity index (χ0) is 28.4. The average molecular weight is 562 g/mol. The molecule has 39 heavy (non-hydrogen) atoms. The summed E-state index contributed by atoms with van der Waals surface area (Å²) in [5.74, 6) is -1.15. The average Bonchev–Trinajstić information content (AvgIpc) is 3.32. The van der Waals surface area contributed by atoms with Crippen LogP contribution in [0.2, 0.25) is 0 Å². The fraction of sp³-hybridized carbons (Fsp3) is 0.207. The Bertz CT molecular complexity index is 1470. The molecule has 0 bridgehead atoms. The lowest BCUT2D eigenvalue weighted by Crippen LogP contribution is -2.32. The number of nitrogens with one attached hydrogen (secondary N) is 4. The van der Waals surface area contributed by atoms with Crippen LogP contribution in [-0.2, 0) is 10.2 Å². The minimum Gasteiger partial charge on any atom is -0.343 e. The minimum atomic E-state index is -0.444. The highest BCUT2D eigenvalue weighted by molar-refractivity contribution is 7.73. The Morgan fingerprint density at radius 3 is 2.13 bits per heavy atom. The van der Waals surface area contributed by atoms with Crippen LogP contribution < -0.4 is 16.0 Å². The zero-order valence-electron chi connectivity index (χ0n) is 22.2. The van der Waals surface area contributed by atoms with Crippen molar-refractivity contribution in [2.24, 2.45) is 0 Å². The molecule has 1 heterocycles. The fourth-order valence-electron chi connectivity index (χ4n) is 3.31. The van der Waals surface area contributed by atoms with Crippen molar-refractivity contribution in [3.63, 3.8) is 0 Å². The van der Waals surface area contributed by atoms with Gasteiger partial charge in [0.25, 0.3) is 11.8 Å². The molecular formula is C29H31N5O3S2. The third kappa shape index (κ3) is 9.59. The molecule has 0 aliphatic heterocycles. The monoisotopic (exact) mass is 561 g/mol. The standard InChI is InChI=1S/C22H23N5O3S2.C7H8/c1-22(2,3)15-9-7-13(8-10-15)19(30)24-16-6-4-5-14(11-16)18(29)23-12-17(28)25-20-26-27-21(31)32-20;1-7-5-3-2-4-6-7/h4-11H,12H2,1-3H3,(H,23,29)(H,24,30)(H,27,31)(H,25,26,28);2-6H,1H3. The molecule has 0 atom stereocenters. The summed E-state index contributed by atoms with van der Waals surface area (Å²) in [5.41, 5.74) is 3.76. The quantitative estimate of drug-likeness (QED) is 0.212. The highest BCUT2D eigenvalue weighted by atomic mass is 32.1. The van der Waals surface area contributed by atoms with Crippen LogP contribution >= 0.6 is 23.6 Å². The van der Waals surface area contributed by atoms with Gasteiger partial charge in [-0.3, -0.25) is 24.8 Å². The molecule has 0 radical (unpaired) electrons. The lowest BCUT2D eigenvalue weighted by molar-refractivity contribution is -0.115. The molecule has 3 aromatic carbocycles. The number of H-pyrrole nitrogens is 1. The second kappa shape index (κ2) is 13.6. The first-order chi connectivity index (χ1) is 18.5. The first kappa shape index (κ1) is 29.4. The third-order valence-electron chi connectivity index (χ3n) is 5.43. The Morgan fingerprint density at radius 2 is 1.56 bits per heavy atom. The van der Waals surface area contributed by atoms with Crippen LogP contribution in [0.1, 0.15) is 52.6 Å². The number of aryl methyl sites for hydroxylation is 1. The van der Waals surface area contributed by atoms with E-state index in [0.717, 1.165) is 16.9 Å². The Hall–Kier alpha value is -4.15. The summed E-state index contributed by atoms with van der Waals surface area (Å²) < 4.78 is 0.438.